The largest absolute Gasteiger partial charge is 0.483 e. The zero-order valence-electron chi connectivity index (χ0n) is 19.3. The summed E-state index contributed by atoms with van der Waals surface area (Å²) in [5.74, 6) is 0.255. The summed E-state index contributed by atoms with van der Waals surface area (Å²) in [6, 6.07) is 33.6. The molecule has 5 aromatic rings. The third-order valence-corrected chi connectivity index (χ3v) is 5.61. The van der Waals surface area contributed by atoms with Crippen molar-refractivity contribution in [2.45, 2.75) is 0 Å². The third-order valence-electron chi connectivity index (χ3n) is 5.61. The van der Waals surface area contributed by atoms with Crippen LogP contribution in [-0.4, -0.2) is 24.7 Å². The number of hydrazone groups is 1. The normalized spacial score (nSPS) is 11.0. The lowest BCUT2D eigenvalue weighted by molar-refractivity contribution is -0.123. The van der Waals surface area contributed by atoms with Crippen LogP contribution >= 0.6 is 0 Å². The SMILES string of the molecule is O=C(COc1cccc2ccccc12)N/N=C\c1ccc(OC(=O)c2cccc3ccccc23)cc1. The minimum absolute atomic E-state index is 0.158. The molecule has 36 heavy (non-hydrogen) atoms. The van der Waals surface area contributed by atoms with Crippen LogP contribution < -0.4 is 14.9 Å². The van der Waals surface area contributed by atoms with Gasteiger partial charge in [-0.25, -0.2) is 10.2 Å². The van der Waals surface area contributed by atoms with Crippen LogP contribution in [0.2, 0.25) is 0 Å². The number of hydrogen-bond acceptors (Lipinski definition) is 5. The maximum Gasteiger partial charge on any atom is 0.344 e. The summed E-state index contributed by atoms with van der Waals surface area (Å²) in [5.41, 5.74) is 3.69. The Kier molecular flexibility index (Phi) is 6.67. The molecule has 0 aliphatic carbocycles. The van der Waals surface area contributed by atoms with Crippen molar-refractivity contribution in [3.05, 3.63) is 120 Å². The van der Waals surface area contributed by atoms with E-state index in [9.17, 15) is 9.59 Å². The lowest BCUT2D eigenvalue weighted by Gasteiger charge is -2.08. The average molecular weight is 475 g/mol. The Hall–Kier alpha value is -4.97. The van der Waals surface area contributed by atoms with Gasteiger partial charge in [0.15, 0.2) is 6.61 Å². The van der Waals surface area contributed by atoms with Crippen molar-refractivity contribution in [3.63, 3.8) is 0 Å². The summed E-state index contributed by atoms with van der Waals surface area (Å²) >= 11 is 0. The number of hydrogen-bond donors (Lipinski definition) is 1. The molecule has 5 aromatic carbocycles. The van der Waals surface area contributed by atoms with E-state index in [1.807, 2.05) is 78.9 Å². The van der Waals surface area contributed by atoms with E-state index >= 15 is 0 Å². The summed E-state index contributed by atoms with van der Waals surface area (Å²) in [4.78, 5) is 24.8. The molecule has 6 nitrogen and oxygen atoms in total. The Morgan fingerprint density at radius 1 is 0.722 bits per heavy atom. The standard InChI is InChI=1S/C30H22N2O4/c33-29(20-35-28-14-6-10-23-8-2-4-12-26(23)28)32-31-19-21-15-17-24(18-16-21)36-30(34)27-13-5-9-22-7-1-3-11-25(22)27/h1-19H,20H2,(H,32,33)/b31-19-. The van der Waals surface area contributed by atoms with Crippen molar-refractivity contribution in [3.8, 4) is 11.5 Å². The molecule has 0 aliphatic rings. The molecule has 0 radical (unpaired) electrons. The number of nitrogens with zero attached hydrogens (tertiary/aromatic N) is 1. The number of esters is 1. The second-order valence-corrected chi connectivity index (χ2v) is 8.04. The van der Waals surface area contributed by atoms with Gasteiger partial charge in [0, 0.05) is 5.39 Å². The molecule has 0 spiro atoms. The fourth-order valence-electron chi connectivity index (χ4n) is 3.86. The van der Waals surface area contributed by atoms with Crippen LogP contribution in [0, 0.1) is 0 Å². The quantitative estimate of drug-likeness (QED) is 0.141. The maximum atomic E-state index is 12.7. The van der Waals surface area contributed by atoms with Gasteiger partial charge in [0.1, 0.15) is 11.5 Å². The fraction of sp³-hybridized carbons (Fsp3) is 0.0333. The Bertz CT molecular complexity index is 1570. The molecule has 5 rings (SSSR count). The zero-order chi connectivity index (χ0) is 24.7. The van der Waals surface area contributed by atoms with E-state index in [2.05, 4.69) is 10.5 Å². The second kappa shape index (κ2) is 10.5. The lowest BCUT2D eigenvalue weighted by Crippen LogP contribution is -2.24. The van der Waals surface area contributed by atoms with E-state index in [-0.39, 0.29) is 12.5 Å². The second-order valence-electron chi connectivity index (χ2n) is 8.04. The minimum atomic E-state index is -0.424. The summed E-state index contributed by atoms with van der Waals surface area (Å²) < 4.78 is 11.2. The Labute approximate surface area is 207 Å². The monoisotopic (exact) mass is 474 g/mol. The van der Waals surface area contributed by atoms with Crippen LogP contribution in [0.1, 0.15) is 15.9 Å². The van der Waals surface area contributed by atoms with E-state index in [1.54, 1.807) is 30.3 Å². The number of amides is 1. The number of rotatable bonds is 7. The van der Waals surface area contributed by atoms with E-state index < -0.39 is 5.97 Å². The van der Waals surface area contributed by atoms with Crippen LogP contribution in [-0.2, 0) is 4.79 Å². The van der Waals surface area contributed by atoms with Gasteiger partial charge in [-0.1, -0.05) is 72.8 Å². The first-order valence-electron chi connectivity index (χ1n) is 11.4. The number of ether oxygens (including phenoxy) is 2. The highest BCUT2D eigenvalue weighted by Gasteiger charge is 2.12. The van der Waals surface area contributed by atoms with Gasteiger partial charge in [-0.3, -0.25) is 4.79 Å². The predicted octanol–water partition coefficient (Wildman–Crippen LogP) is 5.74. The van der Waals surface area contributed by atoms with Crippen molar-refractivity contribution in [1.82, 2.24) is 5.43 Å². The topological polar surface area (TPSA) is 77.0 Å². The van der Waals surface area contributed by atoms with Gasteiger partial charge in [0.2, 0.25) is 0 Å². The molecule has 0 heterocycles. The summed E-state index contributed by atoms with van der Waals surface area (Å²) in [5, 5.41) is 7.78. The molecule has 6 heteroatoms. The van der Waals surface area contributed by atoms with Gasteiger partial charge >= 0.3 is 5.97 Å². The van der Waals surface area contributed by atoms with Gasteiger partial charge in [0.25, 0.3) is 5.91 Å². The number of benzene rings is 5. The summed E-state index contributed by atoms with van der Waals surface area (Å²) in [6.07, 6.45) is 1.51. The molecule has 0 fully saturated rings. The van der Waals surface area contributed by atoms with Crippen molar-refractivity contribution in [2.75, 3.05) is 6.61 Å². The molecule has 0 aliphatic heterocycles. The number of nitrogens with one attached hydrogen (secondary N) is 1. The molecule has 1 amide bonds. The van der Waals surface area contributed by atoms with Gasteiger partial charge < -0.3 is 9.47 Å². The van der Waals surface area contributed by atoms with Crippen LogP contribution in [0.5, 0.6) is 11.5 Å². The van der Waals surface area contributed by atoms with Crippen LogP contribution in [0.25, 0.3) is 21.5 Å². The van der Waals surface area contributed by atoms with Gasteiger partial charge in [-0.15, -0.1) is 0 Å². The molecule has 0 saturated heterocycles. The molecule has 1 N–H and O–H groups in total. The molecule has 0 atom stereocenters. The molecule has 0 saturated carbocycles. The number of carbonyl (C=O) groups is 2. The predicted molar refractivity (Wildman–Crippen MR) is 141 cm³/mol. The Morgan fingerprint density at radius 3 is 2.14 bits per heavy atom. The molecule has 0 aromatic heterocycles. The van der Waals surface area contributed by atoms with Crippen molar-refractivity contribution >= 4 is 39.6 Å². The average Bonchev–Trinajstić information content (AvgIpc) is 2.92. The molecule has 176 valence electrons. The van der Waals surface area contributed by atoms with Gasteiger partial charge in [0.05, 0.1) is 11.8 Å². The van der Waals surface area contributed by atoms with Gasteiger partial charge in [-0.05, 0) is 58.1 Å². The van der Waals surface area contributed by atoms with Crippen LogP contribution in [0.4, 0.5) is 0 Å². The Morgan fingerprint density at radius 2 is 1.36 bits per heavy atom. The highest BCUT2D eigenvalue weighted by atomic mass is 16.5. The zero-order valence-corrected chi connectivity index (χ0v) is 19.3. The highest BCUT2D eigenvalue weighted by molar-refractivity contribution is 6.05. The van der Waals surface area contributed by atoms with E-state index in [0.717, 1.165) is 27.1 Å². The number of carbonyl (C=O) groups excluding carboxylic acids is 2. The lowest BCUT2D eigenvalue weighted by atomic mass is 10.0. The van der Waals surface area contributed by atoms with Crippen LogP contribution in [0.3, 0.4) is 0 Å². The maximum absolute atomic E-state index is 12.7. The molecular weight excluding hydrogens is 452 g/mol. The Balaban J connectivity index is 1.15. The van der Waals surface area contributed by atoms with Crippen LogP contribution in [0.15, 0.2) is 114 Å². The first-order chi connectivity index (χ1) is 17.7. The van der Waals surface area contributed by atoms with Crippen molar-refractivity contribution in [2.24, 2.45) is 5.10 Å². The molecule has 0 unspecified atom stereocenters. The van der Waals surface area contributed by atoms with Gasteiger partial charge in [-0.2, -0.15) is 5.10 Å². The molecular formula is C30H22N2O4. The first kappa shape index (κ1) is 22.8. The molecule has 0 bridgehead atoms. The highest BCUT2D eigenvalue weighted by Crippen LogP contribution is 2.25. The number of fused-ring (bicyclic) bond motifs is 2. The van der Waals surface area contributed by atoms with E-state index in [0.29, 0.717) is 17.1 Å². The third kappa shape index (κ3) is 5.23. The van der Waals surface area contributed by atoms with Crippen molar-refractivity contribution < 1.29 is 19.1 Å². The van der Waals surface area contributed by atoms with E-state index in [1.165, 1.54) is 6.21 Å². The summed E-state index contributed by atoms with van der Waals surface area (Å²) in [6.45, 7) is -0.158. The summed E-state index contributed by atoms with van der Waals surface area (Å²) in [7, 11) is 0. The van der Waals surface area contributed by atoms with E-state index in [4.69, 9.17) is 9.47 Å². The minimum Gasteiger partial charge on any atom is -0.483 e. The van der Waals surface area contributed by atoms with Crippen molar-refractivity contribution in [1.29, 1.82) is 0 Å². The smallest absolute Gasteiger partial charge is 0.344 e. The first-order valence-corrected chi connectivity index (χ1v) is 11.4. The fourth-order valence-corrected chi connectivity index (χ4v) is 3.86.